The molecule has 0 saturated carbocycles. The fourth-order valence-electron chi connectivity index (χ4n) is 2.16. The van der Waals surface area contributed by atoms with Gasteiger partial charge in [0.05, 0.1) is 12.2 Å². The molecule has 7 heteroatoms. The van der Waals surface area contributed by atoms with Crippen LogP contribution in [-0.4, -0.2) is 24.5 Å². The van der Waals surface area contributed by atoms with Crippen LogP contribution in [0.4, 0.5) is 5.95 Å². The van der Waals surface area contributed by atoms with Crippen molar-refractivity contribution in [2.24, 2.45) is 7.05 Å². The molecule has 3 rings (SSSR count). The summed E-state index contributed by atoms with van der Waals surface area (Å²) < 4.78 is 8.71. The van der Waals surface area contributed by atoms with Crippen LogP contribution in [0.2, 0.25) is 0 Å². The third-order valence-electron chi connectivity index (χ3n) is 2.92. The van der Waals surface area contributed by atoms with Crippen LogP contribution < -0.4 is 5.73 Å². The number of hydrogen-bond acceptors (Lipinski definition) is 5. The van der Waals surface area contributed by atoms with Crippen molar-refractivity contribution in [2.45, 2.75) is 20.4 Å². The van der Waals surface area contributed by atoms with E-state index in [4.69, 9.17) is 10.3 Å². The Hall–Kier alpha value is -2.31. The van der Waals surface area contributed by atoms with Gasteiger partial charge in [-0.15, -0.1) is 0 Å². The highest BCUT2D eigenvalue weighted by atomic mass is 16.5. The molecular formula is C11H14N6O. The Balaban J connectivity index is 2.13. The molecule has 18 heavy (non-hydrogen) atoms. The summed E-state index contributed by atoms with van der Waals surface area (Å²) in [6, 6.07) is 1.88. The van der Waals surface area contributed by atoms with Crippen molar-refractivity contribution in [1.82, 2.24) is 24.5 Å². The average molecular weight is 246 g/mol. The molecule has 0 radical (unpaired) electrons. The molecule has 0 atom stereocenters. The van der Waals surface area contributed by atoms with Crippen LogP contribution in [0.5, 0.6) is 0 Å². The van der Waals surface area contributed by atoms with Crippen molar-refractivity contribution >= 4 is 17.1 Å². The molecule has 0 amide bonds. The van der Waals surface area contributed by atoms with Gasteiger partial charge < -0.3 is 10.3 Å². The van der Waals surface area contributed by atoms with Gasteiger partial charge in [-0.3, -0.25) is 9.25 Å². The molecule has 94 valence electrons. The quantitative estimate of drug-likeness (QED) is 0.729. The van der Waals surface area contributed by atoms with E-state index < -0.39 is 0 Å². The zero-order valence-electron chi connectivity index (χ0n) is 10.5. The number of anilines is 1. The summed E-state index contributed by atoms with van der Waals surface area (Å²) in [6.07, 6.45) is 0. The predicted molar refractivity (Wildman–Crippen MR) is 66.0 cm³/mol. The maximum absolute atomic E-state index is 5.94. The summed E-state index contributed by atoms with van der Waals surface area (Å²) in [5.41, 5.74) is 9.35. The lowest BCUT2D eigenvalue weighted by Crippen LogP contribution is -2.08. The number of aryl methyl sites for hydroxylation is 3. The fourth-order valence-corrected chi connectivity index (χ4v) is 2.16. The molecule has 3 aromatic heterocycles. The SMILES string of the molecule is Cc1cc(Cn2c(N)nc3c(C)nn(C)c32)no1. The summed E-state index contributed by atoms with van der Waals surface area (Å²) in [7, 11) is 1.88. The number of nitrogen functional groups attached to an aromatic ring is 1. The number of nitrogens with two attached hydrogens (primary N) is 1. The second-order valence-electron chi connectivity index (χ2n) is 4.37. The lowest BCUT2D eigenvalue weighted by molar-refractivity contribution is 0.389. The molecule has 0 aromatic carbocycles. The highest BCUT2D eigenvalue weighted by Gasteiger charge is 2.16. The number of rotatable bonds is 2. The van der Waals surface area contributed by atoms with Crippen molar-refractivity contribution < 1.29 is 4.52 Å². The van der Waals surface area contributed by atoms with Gasteiger partial charge in [-0.1, -0.05) is 5.16 Å². The van der Waals surface area contributed by atoms with Gasteiger partial charge in [0.1, 0.15) is 17.0 Å². The summed E-state index contributed by atoms with van der Waals surface area (Å²) >= 11 is 0. The van der Waals surface area contributed by atoms with E-state index in [1.54, 1.807) is 4.68 Å². The number of aromatic nitrogens is 5. The van der Waals surface area contributed by atoms with Crippen molar-refractivity contribution in [2.75, 3.05) is 5.73 Å². The van der Waals surface area contributed by atoms with Gasteiger partial charge in [0.15, 0.2) is 5.65 Å². The molecule has 0 fully saturated rings. The Labute approximate surface area is 103 Å². The normalized spacial score (nSPS) is 11.5. The van der Waals surface area contributed by atoms with Gasteiger partial charge in [0.25, 0.3) is 0 Å². The maximum atomic E-state index is 5.94. The minimum Gasteiger partial charge on any atom is -0.369 e. The van der Waals surface area contributed by atoms with E-state index in [2.05, 4.69) is 15.2 Å². The van der Waals surface area contributed by atoms with Gasteiger partial charge in [-0.2, -0.15) is 5.10 Å². The molecule has 0 spiro atoms. The molecule has 7 nitrogen and oxygen atoms in total. The minimum atomic E-state index is 0.460. The second kappa shape index (κ2) is 3.59. The highest BCUT2D eigenvalue weighted by molar-refractivity contribution is 5.77. The number of nitrogens with zero attached hydrogens (tertiary/aromatic N) is 5. The molecular weight excluding hydrogens is 232 g/mol. The van der Waals surface area contributed by atoms with Gasteiger partial charge in [0.2, 0.25) is 5.95 Å². The third kappa shape index (κ3) is 1.47. The number of imidazole rings is 1. The largest absolute Gasteiger partial charge is 0.369 e. The third-order valence-corrected chi connectivity index (χ3v) is 2.92. The smallest absolute Gasteiger partial charge is 0.202 e. The van der Waals surface area contributed by atoms with Crippen molar-refractivity contribution in [3.63, 3.8) is 0 Å². The van der Waals surface area contributed by atoms with E-state index >= 15 is 0 Å². The van der Waals surface area contributed by atoms with E-state index in [1.807, 2.05) is 31.5 Å². The van der Waals surface area contributed by atoms with Gasteiger partial charge >= 0.3 is 0 Å². The first-order chi connectivity index (χ1) is 8.56. The Morgan fingerprint density at radius 2 is 2.17 bits per heavy atom. The molecule has 0 aliphatic rings. The molecule has 0 bridgehead atoms. The zero-order chi connectivity index (χ0) is 12.9. The van der Waals surface area contributed by atoms with E-state index in [0.717, 1.165) is 28.3 Å². The lowest BCUT2D eigenvalue weighted by atomic mass is 10.3. The first-order valence-corrected chi connectivity index (χ1v) is 5.63. The Kier molecular flexibility index (Phi) is 2.16. The van der Waals surface area contributed by atoms with Crippen LogP contribution in [0.1, 0.15) is 17.1 Å². The predicted octanol–water partition coefficient (Wildman–Crippen LogP) is 1.01. The second-order valence-corrected chi connectivity index (χ2v) is 4.37. The van der Waals surface area contributed by atoms with Crippen LogP contribution in [-0.2, 0) is 13.6 Å². The van der Waals surface area contributed by atoms with Crippen molar-refractivity contribution in [3.8, 4) is 0 Å². The topological polar surface area (TPSA) is 87.7 Å². The standard InChI is InChI=1S/C11H14N6O/c1-6-4-8(15-18-6)5-17-10-9(13-11(17)12)7(2)14-16(10)3/h4H,5H2,1-3H3,(H2,12,13). The Morgan fingerprint density at radius 1 is 1.39 bits per heavy atom. The molecule has 0 aliphatic heterocycles. The van der Waals surface area contributed by atoms with Gasteiger partial charge in [-0.25, -0.2) is 4.98 Å². The Morgan fingerprint density at radius 3 is 2.83 bits per heavy atom. The molecule has 0 aliphatic carbocycles. The highest BCUT2D eigenvalue weighted by Crippen LogP contribution is 2.21. The van der Waals surface area contributed by atoms with Crippen molar-refractivity contribution in [3.05, 3.63) is 23.2 Å². The molecule has 0 saturated heterocycles. The summed E-state index contributed by atoms with van der Waals surface area (Å²) in [5.74, 6) is 1.24. The van der Waals surface area contributed by atoms with Crippen LogP contribution in [0, 0.1) is 13.8 Å². The minimum absolute atomic E-state index is 0.460. The molecule has 0 unspecified atom stereocenters. The van der Waals surface area contributed by atoms with E-state index in [0.29, 0.717) is 12.5 Å². The number of fused-ring (bicyclic) bond motifs is 1. The fraction of sp³-hybridized carbons (Fsp3) is 0.364. The van der Waals surface area contributed by atoms with Crippen molar-refractivity contribution in [1.29, 1.82) is 0 Å². The average Bonchev–Trinajstić information content (AvgIpc) is 2.91. The molecule has 2 N–H and O–H groups in total. The van der Waals surface area contributed by atoms with E-state index in [9.17, 15) is 0 Å². The Bertz CT molecular complexity index is 719. The van der Waals surface area contributed by atoms with Crippen LogP contribution in [0.3, 0.4) is 0 Å². The first kappa shape index (κ1) is 10.8. The lowest BCUT2D eigenvalue weighted by Gasteiger charge is -2.03. The monoisotopic (exact) mass is 246 g/mol. The van der Waals surface area contributed by atoms with Crippen LogP contribution in [0.25, 0.3) is 11.2 Å². The van der Waals surface area contributed by atoms with Gasteiger partial charge in [-0.05, 0) is 13.8 Å². The van der Waals surface area contributed by atoms with E-state index in [-0.39, 0.29) is 0 Å². The summed E-state index contributed by atoms with van der Waals surface area (Å²) in [5, 5.41) is 8.30. The summed E-state index contributed by atoms with van der Waals surface area (Å²) in [6.45, 7) is 4.30. The van der Waals surface area contributed by atoms with E-state index in [1.165, 1.54) is 0 Å². The van der Waals surface area contributed by atoms with Crippen LogP contribution in [0.15, 0.2) is 10.6 Å². The molecule has 3 aromatic rings. The summed E-state index contributed by atoms with van der Waals surface area (Å²) in [4.78, 5) is 4.34. The maximum Gasteiger partial charge on any atom is 0.202 e. The van der Waals surface area contributed by atoms with Gasteiger partial charge in [0, 0.05) is 13.1 Å². The zero-order valence-corrected chi connectivity index (χ0v) is 10.5. The first-order valence-electron chi connectivity index (χ1n) is 5.63. The number of hydrogen-bond donors (Lipinski definition) is 1. The molecule has 3 heterocycles. The van der Waals surface area contributed by atoms with Crippen LogP contribution >= 0.6 is 0 Å².